The summed E-state index contributed by atoms with van der Waals surface area (Å²) in [5.74, 6) is 0.478. The molecule has 112 valence electrons. The fraction of sp³-hybridized carbons (Fsp3) is 0.533. The van der Waals surface area contributed by atoms with Gasteiger partial charge in [-0.2, -0.15) is 0 Å². The summed E-state index contributed by atoms with van der Waals surface area (Å²) >= 11 is 0. The fourth-order valence-electron chi connectivity index (χ4n) is 1.68. The van der Waals surface area contributed by atoms with E-state index >= 15 is 0 Å². The van der Waals surface area contributed by atoms with E-state index in [4.69, 9.17) is 9.47 Å². The molecule has 2 N–H and O–H groups in total. The maximum Gasteiger partial charge on any atom is 0.257 e. The number of hydrogen-bond acceptors (Lipinski definition) is 4. The number of amides is 1. The smallest absolute Gasteiger partial charge is 0.257 e. The van der Waals surface area contributed by atoms with E-state index in [0.29, 0.717) is 18.7 Å². The molecule has 0 saturated carbocycles. The van der Waals surface area contributed by atoms with Gasteiger partial charge in [-0.05, 0) is 30.5 Å². The van der Waals surface area contributed by atoms with Crippen LogP contribution in [-0.2, 0) is 16.0 Å². The van der Waals surface area contributed by atoms with Crippen molar-refractivity contribution in [3.8, 4) is 5.75 Å². The number of rotatable bonds is 9. The average Bonchev–Trinajstić information content (AvgIpc) is 2.46. The molecule has 5 heteroatoms. The molecule has 0 aliphatic heterocycles. The van der Waals surface area contributed by atoms with Gasteiger partial charge in [0.15, 0.2) is 6.61 Å². The van der Waals surface area contributed by atoms with E-state index in [1.165, 1.54) is 12.7 Å². The maximum absolute atomic E-state index is 11.5. The Kier molecular flexibility index (Phi) is 7.69. The molecule has 0 aliphatic rings. The van der Waals surface area contributed by atoms with Crippen LogP contribution in [0.15, 0.2) is 24.3 Å². The van der Waals surface area contributed by atoms with Crippen LogP contribution in [0.2, 0.25) is 0 Å². The third-order valence-corrected chi connectivity index (χ3v) is 2.86. The molecule has 1 aromatic rings. The van der Waals surface area contributed by atoms with Gasteiger partial charge in [0, 0.05) is 13.7 Å². The topological polar surface area (TPSA) is 67.8 Å². The van der Waals surface area contributed by atoms with Crippen LogP contribution < -0.4 is 10.1 Å². The predicted octanol–water partition coefficient (Wildman–Crippen LogP) is 1.14. The normalized spacial score (nSPS) is 11.9. The summed E-state index contributed by atoms with van der Waals surface area (Å²) in [6.45, 7) is 2.74. The first-order chi connectivity index (χ1) is 9.65. The molecule has 20 heavy (non-hydrogen) atoms. The number of hydrogen-bond donors (Lipinski definition) is 2. The largest absolute Gasteiger partial charge is 0.484 e. The summed E-state index contributed by atoms with van der Waals surface area (Å²) in [6, 6.07) is 7.67. The van der Waals surface area contributed by atoms with Gasteiger partial charge in [0.25, 0.3) is 5.91 Å². The molecule has 0 bridgehead atoms. The summed E-state index contributed by atoms with van der Waals surface area (Å²) in [7, 11) is 1.53. The number of benzene rings is 1. The zero-order valence-corrected chi connectivity index (χ0v) is 12.1. The minimum Gasteiger partial charge on any atom is -0.484 e. The first-order valence-electron chi connectivity index (χ1n) is 6.81. The molecule has 0 aliphatic carbocycles. The van der Waals surface area contributed by atoms with Gasteiger partial charge < -0.3 is 19.9 Å². The molecule has 0 aromatic heterocycles. The van der Waals surface area contributed by atoms with Gasteiger partial charge in [0.05, 0.1) is 12.7 Å². The maximum atomic E-state index is 11.5. The summed E-state index contributed by atoms with van der Waals surface area (Å²) < 4.78 is 10.2. The highest BCUT2D eigenvalue weighted by atomic mass is 16.5. The van der Waals surface area contributed by atoms with Gasteiger partial charge in [-0.3, -0.25) is 4.79 Å². The minimum atomic E-state index is -0.553. The lowest BCUT2D eigenvalue weighted by molar-refractivity contribution is -0.123. The van der Waals surface area contributed by atoms with Crippen molar-refractivity contribution in [1.82, 2.24) is 5.32 Å². The number of aliphatic hydroxyl groups excluding tert-OH is 1. The number of methoxy groups -OCH3 is 1. The van der Waals surface area contributed by atoms with E-state index in [1.54, 1.807) is 0 Å². The number of carbonyl (C=O) groups excluding carboxylic acids is 1. The highest BCUT2D eigenvalue weighted by molar-refractivity contribution is 5.77. The second kappa shape index (κ2) is 9.34. The highest BCUT2D eigenvalue weighted by Gasteiger charge is 2.06. The van der Waals surface area contributed by atoms with Gasteiger partial charge in [0.2, 0.25) is 0 Å². The van der Waals surface area contributed by atoms with E-state index in [0.717, 1.165) is 6.42 Å². The van der Waals surface area contributed by atoms with Crippen molar-refractivity contribution in [1.29, 1.82) is 0 Å². The summed E-state index contributed by atoms with van der Waals surface area (Å²) in [4.78, 5) is 11.5. The first-order valence-corrected chi connectivity index (χ1v) is 6.81. The molecule has 1 atom stereocenters. The van der Waals surface area contributed by atoms with E-state index in [9.17, 15) is 9.90 Å². The quantitative estimate of drug-likeness (QED) is 0.712. The lowest BCUT2D eigenvalue weighted by Gasteiger charge is -2.10. The second-order valence-electron chi connectivity index (χ2n) is 4.53. The Hall–Kier alpha value is -1.59. The van der Waals surface area contributed by atoms with E-state index < -0.39 is 6.10 Å². The summed E-state index contributed by atoms with van der Waals surface area (Å²) in [5, 5.41) is 12.1. The molecule has 0 spiro atoms. The van der Waals surface area contributed by atoms with Crippen LogP contribution in [0.5, 0.6) is 5.75 Å². The van der Waals surface area contributed by atoms with Crippen LogP contribution in [0, 0.1) is 0 Å². The van der Waals surface area contributed by atoms with Crippen molar-refractivity contribution >= 4 is 5.91 Å². The first kappa shape index (κ1) is 16.5. The standard InChI is InChI=1S/C15H23NO4/c1-3-12-4-6-14(7-5-12)20-11-15(18)16-9-8-13(17)10-19-2/h4-7,13,17H,3,8-11H2,1-2H3,(H,16,18). The molecule has 0 heterocycles. The van der Waals surface area contributed by atoms with Gasteiger partial charge in [-0.25, -0.2) is 0 Å². The zero-order valence-electron chi connectivity index (χ0n) is 12.1. The lowest BCUT2D eigenvalue weighted by Crippen LogP contribution is -2.32. The number of carbonyl (C=O) groups is 1. The Morgan fingerprint density at radius 3 is 2.65 bits per heavy atom. The summed E-state index contributed by atoms with van der Waals surface area (Å²) in [5.41, 5.74) is 1.23. The monoisotopic (exact) mass is 281 g/mol. The van der Waals surface area contributed by atoms with Crippen molar-refractivity contribution in [2.45, 2.75) is 25.9 Å². The highest BCUT2D eigenvalue weighted by Crippen LogP contribution is 2.12. The van der Waals surface area contributed by atoms with E-state index in [2.05, 4.69) is 12.2 Å². The van der Waals surface area contributed by atoms with E-state index in [-0.39, 0.29) is 19.1 Å². The summed E-state index contributed by atoms with van der Waals surface area (Å²) in [6.07, 6.45) is 0.887. The van der Waals surface area contributed by atoms with Crippen LogP contribution in [-0.4, -0.2) is 44.0 Å². The molecule has 1 aromatic carbocycles. The van der Waals surface area contributed by atoms with E-state index in [1.807, 2.05) is 24.3 Å². The molecule has 0 fully saturated rings. The number of aryl methyl sites for hydroxylation is 1. The predicted molar refractivity (Wildman–Crippen MR) is 76.8 cm³/mol. The molecule has 1 unspecified atom stereocenters. The number of ether oxygens (including phenoxy) is 2. The average molecular weight is 281 g/mol. The lowest BCUT2D eigenvalue weighted by atomic mass is 10.2. The van der Waals surface area contributed by atoms with Crippen LogP contribution in [0.25, 0.3) is 0 Å². The van der Waals surface area contributed by atoms with Crippen LogP contribution in [0.3, 0.4) is 0 Å². The van der Waals surface area contributed by atoms with Crippen molar-refractivity contribution in [3.05, 3.63) is 29.8 Å². The zero-order chi connectivity index (χ0) is 14.8. The van der Waals surface area contributed by atoms with Gasteiger partial charge in [-0.1, -0.05) is 19.1 Å². The molecular weight excluding hydrogens is 258 g/mol. The van der Waals surface area contributed by atoms with Crippen molar-refractivity contribution in [2.24, 2.45) is 0 Å². The van der Waals surface area contributed by atoms with Gasteiger partial charge in [0.1, 0.15) is 5.75 Å². The number of nitrogens with one attached hydrogen (secondary N) is 1. The molecule has 1 amide bonds. The van der Waals surface area contributed by atoms with Crippen LogP contribution in [0.4, 0.5) is 0 Å². The Labute approximate surface area is 119 Å². The van der Waals surface area contributed by atoms with Crippen molar-refractivity contribution in [3.63, 3.8) is 0 Å². The Balaban J connectivity index is 2.19. The molecule has 5 nitrogen and oxygen atoms in total. The Morgan fingerprint density at radius 2 is 2.05 bits per heavy atom. The van der Waals surface area contributed by atoms with Crippen molar-refractivity contribution < 1.29 is 19.4 Å². The molecule has 0 saturated heterocycles. The molecular formula is C15H23NO4. The van der Waals surface area contributed by atoms with Crippen LogP contribution in [0.1, 0.15) is 18.9 Å². The minimum absolute atomic E-state index is 0.0220. The van der Waals surface area contributed by atoms with Crippen molar-refractivity contribution in [2.75, 3.05) is 26.9 Å². The number of aliphatic hydroxyl groups is 1. The Bertz CT molecular complexity index is 391. The molecule has 0 radical (unpaired) electrons. The van der Waals surface area contributed by atoms with Crippen LogP contribution >= 0.6 is 0 Å². The van der Waals surface area contributed by atoms with Gasteiger partial charge >= 0.3 is 0 Å². The fourth-order valence-corrected chi connectivity index (χ4v) is 1.68. The molecule has 1 rings (SSSR count). The SMILES string of the molecule is CCc1ccc(OCC(=O)NCCC(O)COC)cc1. The third kappa shape index (κ3) is 6.54. The Morgan fingerprint density at radius 1 is 1.35 bits per heavy atom. The third-order valence-electron chi connectivity index (χ3n) is 2.86. The van der Waals surface area contributed by atoms with Gasteiger partial charge in [-0.15, -0.1) is 0 Å². The second-order valence-corrected chi connectivity index (χ2v) is 4.53.